The number of hydrogen-bond donors (Lipinski definition) is 2. The van der Waals surface area contributed by atoms with E-state index in [9.17, 15) is 14.0 Å². The zero-order valence-corrected chi connectivity index (χ0v) is 17.7. The maximum Gasteiger partial charge on any atom is 0.272 e. The Hall–Kier alpha value is -4.20. The first-order valence-electron chi connectivity index (χ1n) is 10.0. The van der Waals surface area contributed by atoms with Crippen LogP contribution in [0.2, 0.25) is 0 Å². The zero-order valence-electron chi connectivity index (χ0n) is 17.7. The number of aromatic nitrogens is 3. The molecule has 0 bridgehead atoms. The van der Waals surface area contributed by atoms with Gasteiger partial charge in [0, 0.05) is 23.3 Å². The number of amides is 2. The Morgan fingerprint density at radius 2 is 1.66 bits per heavy atom. The summed E-state index contributed by atoms with van der Waals surface area (Å²) in [5.41, 5.74) is 8.92. The highest BCUT2D eigenvalue weighted by molar-refractivity contribution is 5.99. The van der Waals surface area contributed by atoms with Gasteiger partial charge in [0.2, 0.25) is 0 Å². The van der Waals surface area contributed by atoms with E-state index < -0.39 is 11.8 Å². The summed E-state index contributed by atoms with van der Waals surface area (Å²) in [5, 5.41) is 4.20. The Balaban J connectivity index is 1.41. The van der Waals surface area contributed by atoms with Gasteiger partial charge in [-0.3, -0.25) is 25.1 Å². The smallest absolute Gasteiger partial charge is 0.272 e. The molecule has 0 fully saturated rings. The van der Waals surface area contributed by atoms with Gasteiger partial charge in [-0.05, 0) is 49.7 Å². The second-order valence-corrected chi connectivity index (χ2v) is 7.42. The number of hydrazine groups is 1. The minimum Gasteiger partial charge on any atom is -0.318 e. The summed E-state index contributed by atoms with van der Waals surface area (Å²) in [4.78, 5) is 25.1. The number of rotatable bonds is 5. The maximum atomic E-state index is 13.2. The summed E-state index contributed by atoms with van der Waals surface area (Å²) >= 11 is 0. The fraction of sp³-hybridized carbons (Fsp3) is 0.125. The lowest BCUT2D eigenvalue weighted by Gasteiger charge is -2.10. The summed E-state index contributed by atoms with van der Waals surface area (Å²) in [7, 11) is 0. The molecule has 0 aliphatic heterocycles. The van der Waals surface area contributed by atoms with Gasteiger partial charge in [0.1, 0.15) is 5.82 Å². The summed E-state index contributed by atoms with van der Waals surface area (Å²) in [5.74, 6) is -1.24. The van der Waals surface area contributed by atoms with Crippen LogP contribution < -0.4 is 10.9 Å². The van der Waals surface area contributed by atoms with Crippen LogP contribution in [0, 0.1) is 19.7 Å². The van der Waals surface area contributed by atoms with E-state index in [-0.39, 0.29) is 5.82 Å². The Labute approximate surface area is 184 Å². The molecule has 8 heteroatoms. The lowest BCUT2D eigenvalue weighted by molar-refractivity contribution is 0.0846. The molecule has 0 aliphatic carbocycles. The molecule has 2 N–H and O–H groups in total. The summed E-state index contributed by atoms with van der Waals surface area (Å²) in [6.07, 6.45) is 3.07. The third kappa shape index (κ3) is 4.44. The van der Waals surface area contributed by atoms with Crippen molar-refractivity contribution in [1.29, 1.82) is 0 Å². The number of nitrogens with zero attached hydrogens (tertiary/aromatic N) is 3. The maximum absolute atomic E-state index is 13.2. The molecule has 2 aromatic carbocycles. The van der Waals surface area contributed by atoms with Crippen molar-refractivity contribution in [3.8, 4) is 5.69 Å². The first-order valence-corrected chi connectivity index (χ1v) is 10.0. The molecule has 0 radical (unpaired) electrons. The van der Waals surface area contributed by atoms with Gasteiger partial charge < -0.3 is 4.57 Å². The monoisotopic (exact) mass is 431 g/mol. The van der Waals surface area contributed by atoms with E-state index in [1.807, 2.05) is 41.8 Å². The topological polar surface area (TPSA) is 81.0 Å². The van der Waals surface area contributed by atoms with Crippen molar-refractivity contribution in [2.45, 2.75) is 20.4 Å². The minimum atomic E-state index is -0.468. The average molecular weight is 431 g/mol. The fourth-order valence-corrected chi connectivity index (χ4v) is 3.57. The van der Waals surface area contributed by atoms with Gasteiger partial charge in [-0.25, -0.2) is 4.39 Å². The third-order valence-corrected chi connectivity index (χ3v) is 5.13. The van der Waals surface area contributed by atoms with Crippen LogP contribution in [0.1, 0.15) is 37.7 Å². The quantitative estimate of drug-likeness (QED) is 0.474. The molecular weight excluding hydrogens is 409 g/mol. The van der Waals surface area contributed by atoms with Gasteiger partial charge >= 0.3 is 0 Å². The molecular formula is C24H22FN5O2. The Morgan fingerprint density at radius 3 is 2.38 bits per heavy atom. The van der Waals surface area contributed by atoms with Gasteiger partial charge in [-0.2, -0.15) is 5.10 Å². The molecule has 2 heterocycles. The number of nitrogens with one attached hydrogen (secondary N) is 2. The highest BCUT2D eigenvalue weighted by Crippen LogP contribution is 2.21. The van der Waals surface area contributed by atoms with Crippen LogP contribution in [-0.4, -0.2) is 26.2 Å². The number of benzene rings is 2. The van der Waals surface area contributed by atoms with E-state index in [0.717, 1.165) is 16.9 Å². The second-order valence-electron chi connectivity index (χ2n) is 7.42. The van der Waals surface area contributed by atoms with E-state index in [2.05, 4.69) is 16.0 Å². The van der Waals surface area contributed by atoms with Crippen molar-refractivity contribution in [2.24, 2.45) is 0 Å². The van der Waals surface area contributed by atoms with Gasteiger partial charge in [-0.15, -0.1) is 0 Å². The van der Waals surface area contributed by atoms with E-state index in [0.29, 0.717) is 23.4 Å². The van der Waals surface area contributed by atoms with Crippen molar-refractivity contribution < 1.29 is 14.0 Å². The predicted molar refractivity (Wildman–Crippen MR) is 118 cm³/mol. The molecule has 32 heavy (non-hydrogen) atoms. The Morgan fingerprint density at radius 1 is 0.969 bits per heavy atom. The number of carbonyl (C=O) groups excluding carboxylic acids is 2. The molecule has 0 atom stereocenters. The lowest BCUT2D eigenvalue weighted by atomic mass is 10.2. The minimum absolute atomic E-state index is 0.330. The molecule has 0 saturated carbocycles. The number of aryl methyl sites for hydroxylation is 1. The molecule has 2 amide bonds. The third-order valence-electron chi connectivity index (χ3n) is 5.13. The van der Waals surface area contributed by atoms with Crippen molar-refractivity contribution in [2.75, 3.05) is 0 Å². The molecule has 0 unspecified atom stereocenters. The molecule has 0 spiro atoms. The molecule has 7 nitrogen and oxygen atoms in total. The molecule has 0 saturated heterocycles. The summed E-state index contributed by atoms with van der Waals surface area (Å²) < 4.78 is 16.8. The van der Waals surface area contributed by atoms with Crippen LogP contribution >= 0.6 is 0 Å². The molecule has 0 aliphatic rings. The Kier molecular flexibility index (Phi) is 5.85. The average Bonchev–Trinajstić information content (AvgIpc) is 3.37. The van der Waals surface area contributed by atoms with Crippen molar-refractivity contribution in [3.05, 3.63) is 107 Å². The SMILES string of the molecule is Cc1cc(C(=O)NNC(=O)c2cnn(Cc3ccccc3)c2)c(C)n1-c1ccc(F)cc1. The predicted octanol–water partition coefficient (Wildman–Crippen LogP) is 3.55. The first-order chi connectivity index (χ1) is 15.4. The number of halogens is 1. The van der Waals surface area contributed by atoms with Crippen molar-refractivity contribution in [1.82, 2.24) is 25.2 Å². The van der Waals surface area contributed by atoms with Gasteiger partial charge in [0.25, 0.3) is 11.8 Å². The fourth-order valence-electron chi connectivity index (χ4n) is 3.57. The van der Waals surface area contributed by atoms with E-state index in [1.165, 1.54) is 18.3 Å². The molecule has 4 rings (SSSR count). The Bertz CT molecular complexity index is 1260. The van der Waals surface area contributed by atoms with Crippen molar-refractivity contribution >= 4 is 11.8 Å². The van der Waals surface area contributed by atoms with Crippen LogP contribution in [0.3, 0.4) is 0 Å². The van der Waals surface area contributed by atoms with Crippen LogP contribution in [0.15, 0.2) is 73.1 Å². The standard InChI is InChI=1S/C24H22FN5O2/c1-16-12-22(17(2)30(16)21-10-8-20(25)9-11-21)24(32)28-27-23(31)19-13-26-29(15-19)14-18-6-4-3-5-7-18/h3-13,15H,14H2,1-2H3,(H,27,31)(H,28,32). The molecule has 4 aromatic rings. The van der Waals surface area contributed by atoms with E-state index >= 15 is 0 Å². The van der Waals surface area contributed by atoms with Gasteiger partial charge in [-0.1, -0.05) is 30.3 Å². The highest BCUT2D eigenvalue weighted by atomic mass is 19.1. The van der Waals surface area contributed by atoms with Crippen LogP contribution in [0.25, 0.3) is 5.69 Å². The lowest BCUT2D eigenvalue weighted by Crippen LogP contribution is -2.41. The van der Waals surface area contributed by atoms with E-state index in [4.69, 9.17) is 0 Å². The summed E-state index contributed by atoms with van der Waals surface area (Å²) in [6, 6.07) is 17.5. The normalized spacial score (nSPS) is 10.7. The number of carbonyl (C=O) groups is 2. The van der Waals surface area contributed by atoms with E-state index in [1.54, 1.807) is 36.0 Å². The highest BCUT2D eigenvalue weighted by Gasteiger charge is 2.18. The zero-order chi connectivity index (χ0) is 22.7. The van der Waals surface area contributed by atoms with Crippen LogP contribution in [0.4, 0.5) is 4.39 Å². The van der Waals surface area contributed by atoms with Gasteiger partial charge in [0.05, 0.1) is 23.9 Å². The van der Waals surface area contributed by atoms with Crippen molar-refractivity contribution in [3.63, 3.8) is 0 Å². The largest absolute Gasteiger partial charge is 0.318 e. The summed E-state index contributed by atoms with van der Waals surface area (Å²) in [6.45, 7) is 4.18. The first kappa shape index (κ1) is 21.0. The second kappa shape index (κ2) is 8.89. The number of hydrogen-bond acceptors (Lipinski definition) is 3. The van der Waals surface area contributed by atoms with Crippen LogP contribution in [0.5, 0.6) is 0 Å². The molecule has 162 valence electrons. The molecule has 2 aromatic heterocycles. The van der Waals surface area contributed by atoms with Crippen LogP contribution in [-0.2, 0) is 6.54 Å². The van der Waals surface area contributed by atoms with Gasteiger partial charge in [0.15, 0.2) is 0 Å².